The molecule has 1 aliphatic heterocycles. The van der Waals surface area contributed by atoms with Crippen molar-refractivity contribution >= 4 is 5.91 Å². The summed E-state index contributed by atoms with van der Waals surface area (Å²) in [4.78, 5) is 13.5. The summed E-state index contributed by atoms with van der Waals surface area (Å²) < 4.78 is 4.87. The van der Waals surface area contributed by atoms with E-state index in [0.29, 0.717) is 5.41 Å². The molecule has 16 heavy (non-hydrogen) atoms. The second-order valence-corrected chi connectivity index (χ2v) is 6.02. The Morgan fingerprint density at radius 3 is 2.31 bits per heavy atom. The molecule has 0 bridgehead atoms. The van der Waals surface area contributed by atoms with Crippen LogP contribution in [0.25, 0.3) is 0 Å². The molecule has 1 rings (SSSR count). The fourth-order valence-corrected chi connectivity index (χ4v) is 2.47. The van der Waals surface area contributed by atoms with Crippen LogP contribution < -0.4 is 0 Å². The van der Waals surface area contributed by atoms with Crippen molar-refractivity contribution in [3.63, 3.8) is 0 Å². The Morgan fingerprint density at radius 2 is 1.88 bits per heavy atom. The number of carbonyl (C=O) groups is 1. The Labute approximate surface area is 99.1 Å². The summed E-state index contributed by atoms with van der Waals surface area (Å²) in [5, 5.41) is 0. The van der Waals surface area contributed by atoms with Gasteiger partial charge in [0.25, 0.3) is 0 Å². The van der Waals surface area contributed by atoms with Crippen LogP contribution in [0.15, 0.2) is 0 Å². The molecule has 3 nitrogen and oxygen atoms in total. The van der Waals surface area contributed by atoms with Crippen LogP contribution in [0.2, 0.25) is 0 Å². The maximum Gasteiger partial charge on any atom is 0.248 e. The van der Waals surface area contributed by atoms with E-state index in [0.717, 1.165) is 31.8 Å². The molecule has 0 radical (unpaired) electrons. The van der Waals surface area contributed by atoms with Crippen LogP contribution in [0.3, 0.4) is 0 Å². The molecule has 0 atom stereocenters. The molecule has 0 aromatic carbocycles. The molecule has 0 N–H and O–H groups in total. The molecule has 0 aromatic rings. The SMILES string of the molecule is COCC(=O)N1CCC(CC(C)(C)C)CC1. The van der Waals surface area contributed by atoms with Gasteiger partial charge >= 0.3 is 0 Å². The lowest BCUT2D eigenvalue weighted by atomic mass is 9.80. The van der Waals surface area contributed by atoms with E-state index in [1.54, 1.807) is 7.11 Å². The van der Waals surface area contributed by atoms with Crippen molar-refractivity contribution in [1.29, 1.82) is 0 Å². The Kier molecular flexibility index (Phi) is 4.78. The van der Waals surface area contributed by atoms with Gasteiger partial charge in [0, 0.05) is 20.2 Å². The average molecular weight is 227 g/mol. The van der Waals surface area contributed by atoms with Gasteiger partial charge in [-0.05, 0) is 30.6 Å². The van der Waals surface area contributed by atoms with Gasteiger partial charge in [-0.15, -0.1) is 0 Å². The number of hydrogen-bond donors (Lipinski definition) is 0. The smallest absolute Gasteiger partial charge is 0.248 e. The Morgan fingerprint density at radius 1 is 1.31 bits per heavy atom. The lowest BCUT2D eigenvalue weighted by Gasteiger charge is -2.34. The zero-order valence-corrected chi connectivity index (χ0v) is 11.1. The molecule has 0 saturated carbocycles. The zero-order chi connectivity index (χ0) is 12.2. The van der Waals surface area contributed by atoms with Gasteiger partial charge < -0.3 is 9.64 Å². The van der Waals surface area contributed by atoms with Crippen molar-refractivity contribution in [3.8, 4) is 0 Å². The van der Waals surface area contributed by atoms with Gasteiger partial charge in [0.05, 0.1) is 0 Å². The summed E-state index contributed by atoms with van der Waals surface area (Å²) in [6, 6.07) is 0. The Balaban J connectivity index is 2.31. The minimum absolute atomic E-state index is 0.136. The predicted molar refractivity (Wildman–Crippen MR) is 65.3 cm³/mol. The molecule has 1 saturated heterocycles. The highest BCUT2D eigenvalue weighted by Crippen LogP contribution is 2.30. The number of amides is 1. The lowest BCUT2D eigenvalue weighted by molar-refractivity contribution is -0.136. The van der Waals surface area contributed by atoms with E-state index in [-0.39, 0.29) is 12.5 Å². The van der Waals surface area contributed by atoms with Crippen LogP contribution in [-0.4, -0.2) is 37.6 Å². The highest BCUT2D eigenvalue weighted by Gasteiger charge is 2.25. The molecule has 1 amide bonds. The van der Waals surface area contributed by atoms with Gasteiger partial charge in [0.2, 0.25) is 5.91 Å². The van der Waals surface area contributed by atoms with E-state index in [1.807, 2.05) is 4.90 Å². The van der Waals surface area contributed by atoms with Crippen molar-refractivity contribution in [2.24, 2.45) is 11.3 Å². The summed E-state index contributed by atoms with van der Waals surface area (Å²) in [5.74, 6) is 0.920. The van der Waals surface area contributed by atoms with Crippen LogP contribution in [0.5, 0.6) is 0 Å². The highest BCUT2D eigenvalue weighted by atomic mass is 16.5. The third-order valence-corrected chi connectivity index (χ3v) is 3.14. The molecule has 0 aromatic heterocycles. The summed E-state index contributed by atoms with van der Waals surface area (Å²) in [7, 11) is 1.57. The van der Waals surface area contributed by atoms with Gasteiger partial charge in [-0.3, -0.25) is 4.79 Å². The normalized spacial score (nSPS) is 18.9. The third kappa shape index (κ3) is 4.52. The fraction of sp³-hybridized carbons (Fsp3) is 0.923. The Bertz CT molecular complexity index is 225. The third-order valence-electron chi connectivity index (χ3n) is 3.14. The van der Waals surface area contributed by atoms with E-state index < -0.39 is 0 Å². The first-order valence-electron chi connectivity index (χ1n) is 6.19. The Hall–Kier alpha value is -0.570. The van der Waals surface area contributed by atoms with E-state index in [9.17, 15) is 4.79 Å². The second-order valence-electron chi connectivity index (χ2n) is 6.02. The number of rotatable bonds is 3. The molecule has 0 spiro atoms. The number of piperidine rings is 1. The topological polar surface area (TPSA) is 29.5 Å². The van der Waals surface area contributed by atoms with E-state index in [2.05, 4.69) is 20.8 Å². The molecule has 94 valence electrons. The average Bonchev–Trinajstić information content (AvgIpc) is 2.16. The quantitative estimate of drug-likeness (QED) is 0.740. The van der Waals surface area contributed by atoms with Crippen LogP contribution in [0.4, 0.5) is 0 Å². The van der Waals surface area contributed by atoms with Crippen molar-refractivity contribution in [2.75, 3.05) is 26.8 Å². The molecule has 0 aliphatic carbocycles. The minimum Gasteiger partial charge on any atom is -0.375 e. The summed E-state index contributed by atoms with van der Waals surface area (Å²) >= 11 is 0. The fourth-order valence-electron chi connectivity index (χ4n) is 2.47. The predicted octanol–water partition coefficient (Wildman–Crippen LogP) is 2.31. The second kappa shape index (κ2) is 5.67. The van der Waals surface area contributed by atoms with Crippen molar-refractivity contribution in [2.45, 2.75) is 40.0 Å². The number of methoxy groups -OCH3 is 1. The lowest BCUT2D eigenvalue weighted by Crippen LogP contribution is -2.40. The van der Waals surface area contributed by atoms with Gasteiger partial charge in [-0.1, -0.05) is 20.8 Å². The number of carbonyl (C=O) groups excluding carboxylic acids is 1. The molecule has 3 heteroatoms. The van der Waals surface area contributed by atoms with E-state index in [1.165, 1.54) is 6.42 Å². The highest BCUT2D eigenvalue weighted by molar-refractivity contribution is 5.77. The zero-order valence-electron chi connectivity index (χ0n) is 11.1. The van der Waals surface area contributed by atoms with Crippen molar-refractivity contribution < 1.29 is 9.53 Å². The monoisotopic (exact) mass is 227 g/mol. The minimum atomic E-state index is 0.136. The van der Waals surface area contributed by atoms with E-state index >= 15 is 0 Å². The molecule has 1 aliphatic rings. The van der Waals surface area contributed by atoms with Crippen LogP contribution in [0, 0.1) is 11.3 Å². The summed E-state index contributed by atoms with van der Waals surface area (Å²) in [6.45, 7) is 8.90. The molecular formula is C13H25NO2. The van der Waals surface area contributed by atoms with Gasteiger partial charge in [-0.2, -0.15) is 0 Å². The van der Waals surface area contributed by atoms with Gasteiger partial charge in [-0.25, -0.2) is 0 Å². The van der Waals surface area contributed by atoms with Gasteiger partial charge in [0.1, 0.15) is 6.61 Å². The van der Waals surface area contributed by atoms with Crippen LogP contribution in [-0.2, 0) is 9.53 Å². The standard InChI is InChI=1S/C13H25NO2/c1-13(2,3)9-11-5-7-14(8-6-11)12(15)10-16-4/h11H,5-10H2,1-4H3. The van der Waals surface area contributed by atoms with Crippen LogP contribution in [0.1, 0.15) is 40.0 Å². The number of hydrogen-bond acceptors (Lipinski definition) is 2. The first-order chi connectivity index (χ1) is 7.42. The molecular weight excluding hydrogens is 202 g/mol. The summed E-state index contributed by atoms with van der Waals surface area (Å²) in [6.07, 6.45) is 3.55. The molecule has 1 fully saturated rings. The number of ether oxygens (including phenoxy) is 1. The van der Waals surface area contributed by atoms with Crippen molar-refractivity contribution in [1.82, 2.24) is 4.90 Å². The first-order valence-corrected chi connectivity index (χ1v) is 6.19. The van der Waals surface area contributed by atoms with Crippen molar-refractivity contribution in [3.05, 3.63) is 0 Å². The largest absolute Gasteiger partial charge is 0.375 e. The first kappa shape index (κ1) is 13.5. The van der Waals surface area contributed by atoms with Gasteiger partial charge in [0.15, 0.2) is 0 Å². The maximum absolute atomic E-state index is 11.6. The van der Waals surface area contributed by atoms with Crippen LogP contribution >= 0.6 is 0 Å². The molecule has 0 unspecified atom stereocenters. The maximum atomic E-state index is 11.6. The molecule has 1 heterocycles. The van der Waals surface area contributed by atoms with E-state index in [4.69, 9.17) is 4.74 Å². The number of likely N-dealkylation sites (tertiary alicyclic amines) is 1. The summed E-state index contributed by atoms with van der Waals surface area (Å²) in [5.41, 5.74) is 0.406. The number of nitrogens with zero attached hydrogens (tertiary/aromatic N) is 1.